The van der Waals surface area contributed by atoms with Gasteiger partial charge < -0.3 is 4.90 Å². The molecule has 142 valence electrons. The van der Waals surface area contributed by atoms with Crippen molar-refractivity contribution in [2.75, 3.05) is 13.1 Å². The lowest BCUT2D eigenvalue weighted by Gasteiger charge is -2.32. The second-order valence-electron chi connectivity index (χ2n) is 6.77. The van der Waals surface area contributed by atoms with Crippen molar-refractivity contribution in [3.8, 4) is 0 Å². The van der Waals surface area contributed by atoms with E-state index in [4.69, 9.17) is 0 Å². The van der Waals surface area contributed by atoms with Crippen LogP contribution in [0.5, 0.6) is 0 Å². The highest BCUT2D eigenvalue weighted by Crippen LogP contribution is 2.21. The van der Waals surface area contributed by atoms with Gasteiger partial charge in [-0.1, -0.05) is 0 Å². The Morgan fingerprint density at radius 1 is 1.31 bits per heavy atom. The lowest BCUT2D eigenvalue weighted by Crippen LogP contribution is -2.39. The van der Waals surface area contributed by atoms with Crippen LogP contribution in [0.1, 0.15) is 38.4 Å². The SMILES string of the molecule is CCn1c(CC2CCN(C(=O)CCCn3cnnn3)CC2)nn(C)c1=O. The fourth-order valence-electron chi connectivity index (χ4n) is 3.50. The molecule has 1 saturated heterocycles. The molecule has 0 N–H and O–H groups in total. The largest absolute Gasteiger partial charge is 0.345 e. The summed E-state index contributed by atoms with van der Waals surface area (Å²) in [5, 5.41) is 15.3. The monoisotopic (exact) mass is 362 g/mol. The number of likely N-dealkylation sites (tertiary alicyclic amines) is 1. The number of aromatic nitrogens is 7. The minimum Gasteiger partial charge on any atom is -0.343 e. The van der Waals surface area contributed by atoms with Gasteiger partial charge in [0.2, 0.25) is 5.91 Å². The van der Waals surface area contributed by atoms with Crippen molar-refractivity contribution in [2.45, 2.75) is 52.1 Å². The predicted octanol–water partition coefficient (Wildman–Crippen LogP) is -0.150. The molecule has 0 radical (unpaired) electrons. The average molecular weight is 362 g/mol. The van der Waals surface area contributed by atoms with Crippen LogP contribution in [-0.4, -0.2) is 58.5 Å². The number of nitrogens with zero attached hydrogens (tertiary/aromatic N) is 8. The second-order valence-corrected chi connectivity index (χ2v) is 6.77. The number of piperidine rings is 1. The minimum absolute atomic E-state index is 0.0577. The van der Waals surface area contributed by atoms with Crippen LogP contribution in [0.15, 0.2) is 11.1 Å². The van der Waals surface area contributed by atoms with Crippen molar-refractivity contribution >= 4 is 5.91 Å². The van der Waals surface area contributed by atoms with Gasteiger partial charge in [0, 0.05) is 46.1 Å². The molecule has 1 amide bonds. The van der Waals surface area contributed by atoms with E-state index in [1.165, 1.54) is 4.68 Å². The maximum atomic E-state index is 12.3. The van der Waals surface area contributed by atoms with Crippen LogP contribution in [0.25, 0.3) is 0 Å². The van der Waals surface area contributed by atoms with Crippen molar-refractivity contribution < 1.29 is 4.79 Å². The van der Waals surface area contributed by atoms with Gasteiger partial charge in [-0.15, -0.1) is 5.10 Å². The maximum absolute atomic E-state index is 12.3. The number of rotatable bonds is 7. The van der Waals surface area contributed by atoms with Crippen LogP contribution in [0.2, 0.25) is 0 Å². The van der Waals surface area contributed by atoms with Gasteiger partial charge in [-0.25, -0.2) is 14.2 Å². The summed E-state index contributed by atoms with van der Waals surface area (Å²) in [7, 11) is 1.69. The van der Waals surface area contributed by atoms with Crippen LogP contribution in [-0.2, 0) is 31.4 Å². The van der Waals surface area contributed by atoms with E-state index in [0.717, 1.165) is 44.6 Å². The lowest BCUT2D eigenvalue weighted by atomic mass is 9.93. The summed E-state index contributed by atoms with van der Waals surface area (Å²) in [6.45, 7) is 4.81. The molecule has 2 aromatic heterocycles. The van der Waals surface area contributed by atoms with Gasteiger partial charge in [0.25, 0.3) is 0 Å². The summed E-state index contributed by atoms with van der Waals surface area (Å²) in [4.78, 5) is 26.3. The van der Waals surface area contributed by atoms with E-state index in [9.17, 15) is 9.59 Å². The van der Waals surface area contributed by atoms with Crippen LogP contribution in [0, 0.1) is 5.92 Å². The normalized spacial score (nSPS) is 15.5. The summed E-state index contributed by atoms with van der Waals surface area (Å²) in [6.07, 6.45) is 5.51. The van der Waals surface area contributed by atoms with E-state index in [1.807, 2.05) is 11.8 Å². The zero-order valence-corrected chi connectivity index (χ0v) is 15.4. The molecule has 3 rings (SSSR count). The van der Waals surface area contributed by atoms with Crippen molar-refractivity contribution in [2.24, 2.45) is 13.0 Å². The second kappa shape index (κ2) is 8.24. The van der Waals surface area contributed by atoms with Gasteiger partial charge in [0.15, 0.2) is 0 Å². The van der Waals surface area contributed by atoms with Crippen molar-refractivity contribution in [1.29, 1.82) is 0 Å². The van der Waals surface area contributed by atoms with Crippen LogP contribution in [0.3, 0.4) is 0 Å². The van der Waals surface area contributed by atoms with Crippen molar-refractivity contribution in [1.82, 2.24) is 39.5 Å². The number of carbonyl (C=O) groups excluding carboxylic acids is 1. The molecule has 10 nitrogen and oxygen atoms in total. The first-order chi connectivity index (χ1) is 12.6. The Balaban J connectivity index is 1.44. The zero-order chi connectivity index (χ0) is 18.5. The third-order valence-corrected chi connectivity index (χ3v) is 5.01. The molecule has 0 bridgehead atoms. The highest BCUT2D eigenvalue weighted by atomic mass is 16.2. The standard InChI is InChI=1S/C16H26N8O2/c1-3-24-14(18-21(2)16(24)26)11-13-6-9-22(10-7-13)15(25)5-4-8-23-12-17-19-20-23/h12-13H,3-11H2,1-2H3. The molecule has 2 aromatic rings. The molecule has 1 aliphatic heterocycles. The average Bonchev–Trinajstić information content (AvgIpc) is 3.24. The Hall–Kier alpha value is -2.52. The fourth-order valence-corrected chi connectivity index (χ4v) is 3.50. The highest BCUT2D eigenvalue weighted by Gasteiger charge is 2.24. The molecule has 10 heteroatoms. The zero-order valence-electron chi connectivity index (χ0n) is 15.4. The van der Waals surface area contributed by atoms with E-state index >= 15 is 0 Å². The van der Waals surface area contributed by atoms with Crippen molar-refractivity contribution in [3.05, 3.63) is 22.6 Å². The molecule has 0 aliphatic carbocycles. The Kier molecular flexibility index (Phi) is 5.79. The number of hydrogen-bond acceptors (Lipinski definition) is 6. The minimum atomic E-state index is -0.0577. The number of tetrazole rings is 1. The number of hydrogen-bond donors (Lipinski definition) is 0. The molecule has 0 aromatic carbocycles. The number of amides is 1. The van der Waals surface area contributed by atoms with E-state index in [1.54, 1.807) is 22.6 Å². The summed E-state index contributed by atoms with van der Waals surface area (Å²) in [5.41, 5.74) is -0.0577. The van der Waals surface area contributed by atoms with Crippen LogP contribution < -0.4 is 5.69 Å². The Labute approximate surface area is 151 Å². The van der Waals surface area contributed by atoms with Gasteiger partial charge in [-0.2, -0.15) is 5.10 Å². The molecule has 0 unspecified atom stereocenters. The Morgan fingerprint density at radius 3 is 2.73 bits per heavy atom. The molecule has 0 saturated carbocycles. The molecule has 1 fully saturated rings. The molecule has 0 spiro atoms. The Morgan fingerprint density at radius 2 is 2.08 bits per heavy atom. The van der Waals surface area contributed by atoms with E-state index in [0.29, 0.717) is 25.4 Å². The molecule has 3 heterocycles. The first-order valence-electron chi connectivity index (χ1n) is 9.19. The van der Waals surface area contributed by atoms with Crippen LogP contribution >= 0.6 is 0 Å². The highest BCUT2D eigenvalue weighted by molar-refractivity contribution is 5.76. The predicted molar refractivity (Wildman–Crippen MR) is 93.2 cm³/mol. The third-order valence-electron chi connectivity index (χ3n) is 5.01. The smallest absolute Gasteiger partial charge is 0.343 e. The summed E-state index contributed by atoms with van der Waals surface area (Å²) in [6, 6.07) is 0. The first kappa shape index (κ1) is 18.3. The van der Waals surface area contributed by atoms with Crippen LogP contribution in [0.4, 0.5) is 0 Å². The summed E-state index contributed by atoms with van der Waals surface area (Å²) >= 11 is 0. The number of aryl methyl sites for hydroxylation is 2. The van der Waals surface area contributed by atoms with E-state index < -0.39 is 0 Å². The van der Waals surface area contributed by atoms with Gasteiger partial charge >= 0.3 is 5.69 Å². The molecular formula is C16H26N8O2. The molecule has 0 atom stereocenters. The van der Waals surface area contributed by atoms with Gasteiger partial charge in [0.05, 0.1) is 0 Å². The van der Waals surface area contributed by atoms with Crippen molar-refractivity contribution in [3.63, 3.8) is 0 Å². The topological polar surface area (TPSA) is 104 Å². The third kappa shape index (κ3) is 4.17. The van der Waals surface area contributed by atoms with E-state index in [-0.39, 0.29) is 11.6 Å². The molecule has 26 heavy (non-hydrogen) atoms. The summed E-state index contributed by atoms with van der Waals surface area (Å²) in [5.74, 6) is 1.51. The van der Waals surface area contributed by atoms with Gasteiger partial charge in [0.1, 0.15) is 12.2 Å². The Bertz CT molecular complexity index is 771. The van der Waals surface area contributed by atoms with E-state index in [2.05, 4.69) is 20.6 Å². The fraction of sp³-hybridized carbons (Fsp3) is 0.750. The number of carbonyl (C=O) groups is 1. The molecular weight excluding hydrogens is 336 g/mol. The summed E-state index contributed by atoms with van der Waals surface area (Å²) < 4.78 is 4.78. The maximum Gasteiger partial charge on any atom is 0.345 e. The molecule has 1 aliphatic rings. The quantitative estimate of drug-likeness (QED) is 0.678. The van der Waals surface area contributed by atoms with Gasteiger partial charge in [-0.05, 0) is 42.5 Å². The lowest BCUT2D eigenvalue weighted by molar-refractivity contribution is -0.132. The van der Waals surface area contributed by atoms with Gasteiger partial charge in [-0.3, -0.25) is 9.36 Å². The first-order valence-corrected chi connectivity index (χ1v) is 9.19.